The Balaban J connectivity index is 2.00. The fourth-order valence-electron chi connectivity index (χ4n) is 3.46. The van der Waals surface area contributed by atoms with E-state index in [1.165, 1.54) is 24.0 Å². The van der Waals surface area contributed by atoms with Gasteiger partial charge in [0.05, 0.1) is 5.41 Å². The van der Waals surface area contributed by atoms with E-state index in [-0.39, 0.29) is 5.91 Å². The van der Waals surface area contributed by atoms with Gasteiger partial charge in [-0.2, -0.15) is 0 Å². The lowest BCUT2D eigenvalue weighted by molar-refractivity contribution is -0.121. The molecule has 0 spiro atoms. The third-order valence-corrected chi connectivity index (χ3v) is 5.29. The Morgan fingerprint density at radius 3 is 2.60 bits per heavy atom. The molecule has 0 radical (unpaired) electrons. The van der Waals surface area contributed by atoms with Crippen LogP contribution in [-0.2, 0) is 10.2 Å². The molecule has 0 saturated carbocycles. The normalized spacial score (nSPS) is 26.7. The molecule has 3 nitrogen and oxygen atoms in total. The molecule has 1 fully saturated rings. The van der Waals surface area contributed by atoms with E-state index in [9.17, 15) is 4.79 Å². The molecule has 1 aromatic rings. The molecule has 0 aliphatic carbocycles. The first-order valence-electron chi connectivity index (χ1n) is 7.70. The summed E-state index contributed by atoms with van der Waals surface area (Å²) in [7, 11) is 0. The highest BCUT2D eigenvalue weighted by molar-refractivity contribution is 6.06. The average molecular weight is 272 g/mol. The third-order valence-electron chi connectivity index (χ3n) is 5.29. The number of amides is 1. The van der Waals surface area contributed by atoms with E-state index < -0.39 is 5.41 Å². The van der Waals surface area contributed by atoms with Crippen molar-refractivity contribution in [3.63, 3.8) is 0 Å². The molecule has 0 aromatic heterocycles. The lowest BCUT2D eigenvalue weighted by Crippen LogP contribution is -2.36. The van der Waals surface area contributed by atoms with Gasteiger partial charge in [-0.05, 0) is 61.9 Å². The van der Waals surface area contributed by atoms with Gasteiger partial charge in [-0.3, -0.25) is 4.79 Å². The first kappa shape index (κ1) is 13.6. The van der Waals surface area contributed by atoms with E-state index >= 15 is 0 Å². The number of carbonyl (C=O) groups excluding carboxylic acids is 1. The van der Waals surface area contributed by atoms with Crippen LogP contribution in [-0.4, -0.2) is 19.0 Å². The Kier molecular flexibility index (Phi) is 3.33. The fraction of sp³-hybridized carbons (Fsp3) is 0.588. The summed E-state index contributed by atoms with van der Waals surface area (Å²) in [5.41, 5.74) is 3.20. The number of hydrogen-bond donors (Lipinski definition) is 2. The minimum atomic E-state index is -0.391. The van der Waals surface area contributed by atoms with Crippen molar-refractivity contribution in [2.45, 2.75) is 44.9 Å². The molecule has 3 rings (SSSR count). The number of rotatable bonds is 2. The summed E-state index contributed by atoms with van der Waals surface area (Å²) in [5.74, 6) is 1.07. The van der Waals surface area contributed by atoms with Gasteiger partial charge < -0.3 is 10.6 Å². The van der Waals surface area contributed by atoms with Crippen LogP contribution in [0.3, 0.4) is 0 Å². The highest BCUT2D eigenvalue weighted by atomic mass is 16.2. The predicted molar refractivity (Wildman–Crippen MR) is 82.1 cm³/mol. The minimum absolute atomic E-state index is 0.143. The zero-order valence-corrected chi connectivity index (χ0v) is 12.6. The average Bonchev–Trinajstić information content (AvgIpc) is 2.72. The number of hydrogen-bond acceptors (Lipinski definition) is 2. The van der Waals surface area contributed by atoms with Gasteiger partial charge in [0.2, 0.25) is 5.91 Å². The van der Waals surface area contributed by atoms with E-state index in [1.807, 2.05) is 0 Å². The monoisotopic (exact) mass is 272 g/mol. The first-order chi connectivity index (χ1) is 9.53. The van der Waals surface area contributed by atoms with Gasteiger partial charge in [0, 0.05) is 5.69 Å². The van der Waals surface area contributed by atoms with Gasteiger partial charge in [0.25, 0.3) is 0 Å². The summed E-state index contributed by atoms with van der Waals surface area (Å²) >= 11 is 0. The van der Waals surface area contributed by atoms with Crippen LogP contribution in [0.2, 0.25) is 0 Å². The fourth-order valence-corrected chi connectivity index (χ4v) is 3.46. The van der Waals surface area contributed by atoms with Crippen molar-refractivity contribution >= 4 is 11.6 Å². The van der Waals surface area contributed by atoms with Crippen LogP contribution in [0, 0.1) is 5.92 Å². The van der Waals surface area contributed by atoms with Crippen LogP contribution < -0.4 is 10.6 Å². The number of fused-ring (bicyclic) bond motifs is 1. The van der Waals surface area contributed by atoms with Crippen molar-refractivity contribution in [2.24, 2.45) is 5.92 Å². The molecule has 2 heterocycles. The summed E-state index contributed by atoms with van der Waals surface area (Å²) < 4.78 is 0. The van der Waals surface area contributed by atoms with Gasteiger partial charge in [0.15, 0.2) is 0 Å². The number of anilines is 1. The van der Waals surface area contributed by atoms with E-state index in [2.05, 4.69) is 49.6 Å². The molecule has 2 aliphatic rings. The van der Waals surface area contributed by atoms with Crippen LogP contribution in [0.25, 0.3) is 0 Å². The highest BCUT2D eigenvalue weighted by Gasteiger charge is 2.45. The number of benzene rings is 1. The maximum atomic E-state index is 12.4. The standard InChI is InChI=1S/C17H24N2O/c1-11(2)17(3)14-10-13(12-6-8-18-9-7-12)4-5-15(14)19-16(17)20/h4-5,10-12,18H,6-9H2,1-3H3,(H,19,20). The molecule has 1 atom stereocenters. The second-order valence-corrected chi connectivity index (χ2v) is 6.64. The Bertz CT molecular complexity index is 532. The molecule has 0 bridgehead atoms. The summed E-state index contributed by atoms with van der Waals surface area (Å²) in [4.78, 5) is 12.4. The quantitative estimate of drug-likeness (QED) is 0.869. The maximum absolute atomic E-state index is 12.4. The minimum Gasteiger partial charge on any atom is -0.325 e. The van der Waals surface area contributed by atoms with Crippen molar-refractivity contribution in [3.05, 3.63) is 29.3 Å². The van der Waals surface area contributed by atoms with Gasteiger partial charge in [0.1, 0.15) is 0 Å². The van der Waals surface area contributed by atoms with Crippen LogP contribution in [0.4, 0.5) is 5.69 Å². The zero-order chi connectivity index (χ0) is 14.3. The van der Waals surface area contributed by atoms with E-state index in [1.54, 1.807) is 0 Å². The number of carbonyl (C=O) groups is 1. The van der Waals surface area contributed by atoms with Crippen LogP contribution in [0.5, 0.6) is 0 Å². The van der Waals surface area contributed by atoms with Crippen molar-refractivity contribution < 1.29 is 4.79 Å². The topological polar surface area (TPSA) is 41.1 Å². The molecular weight excluding hydrogens is 248 g/mol. The molecule has 1 aromatic carbocycles. The Hall–Kier alpha value is -1.35. The van der Waals surface area contributed by atoms with Crippen molar-refractivity contribution in [2.75, 3.05) is 18.4 Å². The van der Waals surface area contributed by atoms with Crippen LogP contribution >= 0.6 is 0 Å². The molecule has 2 N–H and O–H groups in total. The molecule has 1 amide bonds. The Labute approximate surface area is 121 Å². The van der Waals surface area contributed by atoms with Crippen molar-refractivity contribution in [3.8, 4) is 0 Å². The maximum Gasteiger partial charge on any atom is 0.235 e. The number of piperidine rings is 1. The largest absolute Gasteiger partial charge is 0.325 e. The van der Waals surface area contributed by atoms with Gasteiger partial charge in [-0.15, -0.1) is 0 Å². The lowest BCUT2D eigenvalue weighted by atomic mass is 9.73. The lowest BCUT2D eigenvalue weighted by Gasteiger charge is -2.28. The first-order valence-corrected chi connectivity index (χ1v) is 7.70. The molecule has 3 heteroatoms. The second-order valence-electron chi connectivity index (χ2n) is 6.64. The van der Waals surface area contributed by atoms with Gasteiger partial charge >= 0.3 is 0 Å². The summed E-state index contributed by atoms with van der Waals surface area (Å²) in [5, 5.41) is 6.46. The molecule has 2 aliphatic heterocycles. The molecule has 20 heavy (non-hydrogen) atoms. The van der Waals surface area contributed by atoms with E-state index in [0.717, 1.165) is 18.8 Å². The summed E-state index contributed by atoms with van der Waals surface area (Å²) in [6, 6.07) is 6.57. The Morgan fingerprint density at radius 1 is 1.25 bits per heavy atom. The summed E-state index contributed by atoms with van der Waals surface area (Å²) in [6.45, 7) is 8.53. The van der Waals surface area contributed by atoms with Crippen LogP contribution in [0.15, 0.2) is 18.2 Å². The zero-order valence-electron chi connectivity index (χ0n) is 12.6. The molecule has 1 unspecified atom stereocenters. The van der Waals surface area contributed by atoms with Gasteiger partial charge in [-0.1, -0.05) is 26.0 Å². The van der Waals surface area contributed by atoms with Crippen molar-refractivity contribution in [1.82, 2.24) is 5.32 Å². The van der Waals surface area contributed by atoms with Gasteiger partial charge in [-0.25, -0.2) is 0 Å². The second kappa shape index (κ2) is 4.88. The molecule has 1 saturated heterocycles. The third kappa shape index (κ3) is 1.96. The predicted octanol–water partition coefficient (Wildman–Crippen LogP) is 3.02. The summed E-state index contributed by atoms with van der Waals surface area (Å²) in [6.07, 6.45) is 2.39. The van der Waals surface area contributed by atoms with E-state index in [0.29, 0.717) is 11.8 Å². The van der Waals surface area contributed by atoms with Crippen LogP contribution in [0.1, 0.15) is 50.7 Å². The SMILES string of the molecule is CC(C)C1(C)C(=O)Nc2ccc(C3CCNCC3)cc21. The van der Waals surface area contributed by atoms with E-state index in [4.69, 9.17) is 0 Å². The number of nitrogens with one attached hydrogen (secondary N) is 2. The molecule has 108 valence electrons. The smallest absolute Gasteiger partial charge is 0.235 e. The van der Waals surface area contributed by atoms with Crippen molar-refractivity contribution in [1.29, 1.82) is 0 Å². The Morgan fingerprint density at radius 2 is 1.95 bits per heavy atom. The molecular formula is C17H24N2O. The highest BCUT2D eigenvalue weighted by Crippen LogP contribution is 2.44.